The second-order valence-corrected chi connectivity index (χ2v) is 5.93. The number of nitrogen functional groups attached to an aromatic ring is 1. The van der Waals surface area contributed by atoms with Crippen molar-refractivity contribution in [2.45, 2.75) is 33.2 Å². The van der Waals surface area contributed by atoms with E-state index in [1.54, 1.807) is 7.05 Å². The summed E-state index contributed by atoms with van der Waals surface area (Å²) in [6, 6.07) is 0.205. The highest BCUT2D eigenvalue weighted by atomic mass is 32.1. The van der Waals surface area contributed by atoms with E-state index in [2.05, 4.69) is 15.6 Å². The Balaban J connectivity index is 2.92. The van der Waals surface area contributed by atoms with E-state index >= 15 is 0 Å². The highest BCUT2D eigenvalue weighted by Gasteiger charge is 2.23. The van der Waals surface area contributed by atoms with Crippen molar-refractivity contribution < 1.29 is 9.59 Å². The smallest absolute Gasteiger partial charge is 0.268 e. The molecule has 0 fully saturated rings. The number of amides is 2. The number of carbonyl (C=O) groups excluding carboxylic acids is 2. The normalized spacial score (nSPS) is 10.5. The number of anilines is 2. The van der Waals surface area contributed by atoms with E-state index in [9.17, 15) is 9.59 Å². The third kappa shape index (κ3) is 4.89. The monoisotopic (exact) mass is 313 g/mol. The van der Waals surface area contributed by atoms with Gasteiger partial charge >= 0.3 is 0 Å². The lowest BCUT2D eigenvalue weighted by molar-refractivity contribution is -0.121. The highest BCUT2D eigenvalue weighted by Crippen LogP contribution is 2.26. The second kappa shape index (κ2) is 7.82. The molecule has 0 saturated carbocycles. The molecule has 4 N–H and O–H groups in total. The van der Waals surface area contributed by atoms with Gasteiger partial charge in [0.25, 0.3) is 5.91 Å². The Bertz CT molecular complexity index is 501. The molecule has 0 aliphatic heterocycles. The molecule has 0 aliphatic carbocycles. The summed E-state index contributed by atoms with van der Waals surface area (Å²) in [5, 5.41) is 6.25. The third-order valence-electron chi connectivity index (χ3n) is 2.65. The van der Waals surface area contributed by atoms with Crippen LogP contribution in [0.15, 0.2) is 0 Å². The Labute approximate surface area is 128 Å². The topological polar surface area (TPSA) is 100 Å². The van der Waals surface area contributed by atoms with E-state index in [-0.39, 0.29) is 30.2 Å². The van der Waals surface area contributed by atoms with Crippen molar-refractivity contribution in [3.8, 4) is 0 Å². The second-order valence-electron chi connectivity index (χ2n) is 4.93. The fraction of sp³-hybridized carbons (Fsp3) is 0.615. The summed E-state index contributed by atoms with van der Waals surface area (Å²) >= 11 is 1.21. The summed E-state index contributed by atoms with van der Waals surface area (Å²) in [6.07, 6.45) is 0.762. The van der Waals surface area contributed by atoms with Crippen molar-refractivity contribution >= 4 is 34.1 Å². The van der Waals surface area contributed by atoms with Gasteiger partial charge in [-0.25, -0.2) is 4.98 Å². The van der Waals surface area contributed by atoms with Crippen LogP contribution in [0.1, 0.15) is 36.9 Å². The number of aromatic nitrogens is 1. The summed E-state index contributed by atoms with van der Waals surface area (Å²) < 4.78 is 0. The Morgan fingerprint density at radius 1 is 1.43 bits per heavy atom. The van der Waals surface area contributed by atoms with Crippen LogP contribution in [0.2, 0.25) is 0 Å². The molecule has 118 valence electrons. The van der Waals surface area contributed by atoms with Crippen LogP contribution in [0.3, 0.4) is 0 Å². The molecule has 1 aromatic heterocycles. The van der Waals surface area contributed by atoms with E-state index in [1.807, 2.05) is 20.8 Å². The number of nitrogens with zero attached hydrogens (tertiary/aromatic N) is 2. The SMILES string of the molecule is CCCN(CC(=O)NC)C(=O)c1sc(NC(C)C)nc1N. The van der Waals surface area contributed by atoms with Crippen LogP contribution in [0.5, 0.6) is 0 Å². The molecular weight excluding hydrogens is 290 g/mol. The van der Waals surface area contributed by atoms with Gasteiger partial charge in [0.15, 0.2) is 5.13 Å². The summed E-state index contributed by atoms with van der Waals surface area (Å²) in [5.41, 5.74) is 5.83. The van der Waals surface area contributed by atoms with E-state index < -0.39 is 0 Å². The van der Waals surface area contributed by atoms with E-state index in [4.69, 9.17) is 5.73 Å². The van der Waals surface area contributed by atoms with Crippen molar-refractivity contribution in [2.24, 2.45) is 0 Å². The van der Waals surface area contributed by atoms with Crippen LogP contribution in [0, 0.1) is 0 Å². The summed E-state index contributed by atoms with van der Waals surface area (Å²) in [4.78, 5) is 30.0. The first kappa shape index (κ1) is 17.2. The van der Waals surface area contributed by atoms with Gasteiger partial charge in [0, 0.05) is 19.6 Å². The van der Waals surface area contributed by atoms with Crippen molar-refractivity contribution in [1.82, 2.24) is 15.2 Å². The molecular formula is C13H23N5O2S. The number of nitrogens with one attached hydrogen (secondary N) is 2. The molecule has 0 saturated heterocycles. The van der Waals surface area contributed by atoms with Crippen LogP contribution in [0.4, 0.5) is 10.9 Å². The van der Waals surface area contributed by atoms with Crippen molar-refractivity contribution in [3.63, 3.8) is 0 Å². The molecule has 0 spiro atoms. The van der Waals surface area contributed by atoms with Gasteiger partial charge in [-0.1, -0.05) is 18.3 Å². The zero-order chi connectivity index (χ0) is 16.0. The lowest BCUT2D eigenvalue weighted by atomic mass is 10.3. The van der Waals surface area contributed by atoms with E-state index in [0.717, 1.165) is 6.42 Å². The Kier molecular flexibility index (Phi) is 6.41. The molecule has 8 heteroatoms. The molecule has 7 nitrogen and oxygen atoms in total. The molecule has 21 heavy (non-hydrogen) atoms. The van der Waals surface area contributed by atoms with Gasteiger partial charge in [0.2, 0.25) is 5.91 Å². The summed E-state index contributed by atoms with van der Waals surface area (Å²) in [7, 11) is 1.54. The summed E-state index contributed by atoms with van der Waals surface area (Å²) in [6.45, 7) is 6.43. The van der Waals surface area contributed by atoms with Gasteiger partial charge < -0.3 is 21.3 Å². The van der Waals surface area contributed by atoms with Crippen LogP contribution >= 0.6 is 11.3 Å². The minimum absolute atomic E-state index is 0.0213. The van der Waals surface area contributed by atoms with Crippen LogP contribution < -0.4 is 16.4 Å². The largest absolute Gasteiger partial charge is 0.382 e. The third-order valence-corrected chi connectivity index (χ3v) is 3.64. The first-order valence-corrected chi connectivity index (χ1v) is 7.73. The molecule has 1 aromatic rings. The molecule has 0 aromatic carbocycles. The molecule has 0 atom stereocenters. The van der Waals surface area contributed by atoms with Gasteiger partial charge in [-0.05, 0) is 20.3 Å². The fourth-order valence-electron chi connectivity index (χ4n) is 1.71. The maximum atomic E-state index is 12.5. The Hall–Kier alpha value is -1.83. The standard InChI is InChI=1S/C13H23N5O2S/c1-5-6-18(7-9(19)15-4)12(20)10-11(14)17-13(21-10)16-8(2)3/h8H,5-7,14H2,1-4H3,(H,15,19)(H,16,17). The van der Waals surface area contributed by atoms with Gasteiger partial charge in [0.05, 0.1) is 6.54 Å². The van der Waals surface area contributed by atoms with Crippen molar-refractivity contribution in [2.75, 3.05) is 31.2 Å². The van der Waals surface area contributed by atoms with Crippen molar-refractivity contribution in [3.05, 3.63) is 4.88 Å². The first-order valence-electron chi connectivity index (χ1n) is 6.91. The number of thiazole rings is 1. The lowest BCUT2D eigenvalue weighted by Gasteiger charge is -2.20. The minimum Gasteiger partial charge on any atom is -0.382 e. The fourth-order valence-corrected chi connectivity index (χ4v) is 2.71. The number of likely N-dealkylation sites (N-methyl/N-ethyl adjacent to an activating group) is 1. The predicted octanol–water partition coefficient (Wildman–Crippen LogP) is 1.14. The maximum Gasteiger partial charge on any atom is 0.268 e. The van der Waals surface area contributed by atoms with E-state index in [0.29, 0.717) is 16.6 Å². The van der Waals surface area contributed by atoms with Gasteiger partial charge in [-0.2, -0.15) is 0 Å². The quantitative estimate of drug-likeness (QED) is 0.701. The molecule has 0 unspecified atom stereocenters. The van der Waals surface area contributed by atoms with Gasteiger partial charge in [0.1, 0.15) is 10.7 Å². The van der Waals surface area contributed by atoms with Crippen LogP contribution in [-0.2, 0) is 4.79 Å². The van der Waals surface area contributed by atoms with Gasteiger partial charge in [-0.3, -0.25) is 9.59 Å². The average molecular weight is 313 g/mol. The van der Waals surface area contributed by atoms with Crippen LogP contribution in [-0.4, -0.2) is 47.9 Å². The van der Waals surface area contributed by atoms with Crippen molar-refractivity contribution in [1.29, 1.82) is 0 Å². The predicted molar refractivity (Wildman–Crippen MR) is 85.5 cm³/mol. The number of hydrogen-bond donors (Lipinski definition) is 3. The molecule has 0 aliphatic rings. The van der Waals surface area contributed by atoms with Gasteiger partial charge in [-0.15, -0.1) is 0 Å². The number of nitrogens with two attached hydrogens (primary N) is 1. The molecule has 1 heterocycles. The number of rotatable bonds is 7. The lowest BCUT2D eigenvalue weighted by Crippen LogP contribution is -2.40. The first-order chi connectivity index (χ1) is 9.88. The molecule has 2 amide bonds. The number of hydrogen-bond acceptors (Lipinski definition) is 6. The van der Waals surface area contributed by atoms with Crippen LogP contribution in [0.25, 0.3) is 0 Å². The zero-order valence-electron chi connectivity index (χ0n) is 12.9. The average Bonchev–Trinajstić information content (AvgIpc) is 2.77. The highest BCUT2D eigenvalue weighted by molar-refractivity contribution is 7.18. The maximum absolute atomic E-state index is 12.5. The minimum atomic E-state index is -0.257. The number of carbonyl (C=O) groups is 2. The molecule has 0 bridgehead atoms. The molecule has 1 rings (SSSR count). The Morgan fingerprint density at radius 2 is 2.10 bits per heavy atom. The Morgan fingerprint density at radius 3 is 2.62 bits per heavy atom. The zero-order valence-corrected chi connectivity index (χ0v) is 13.7. The summed E-state index contributed by atoms with van der Waals surface area (Å²) in [5.74, 6) is -0.265. The van der Waals surface area contributed by atoms with E-state index in [1.165, 1.54) is 16.2 Å². The molecule has 0 radical (unpaired) electrons.